The molecule has 0 aliphatic heterocycles. The Kier molecular flexibility index (Phi) is 5.17. The van der Waals surface area contributed by atoms with Crippen molar-refractivity contribution in [2.75, 3.05) is 17.2 Å². The molecular weight excluding hydrogens is 248 g/mol. The number of unbranched alkanes of at least 4 members (excludes halogenated alkanes) is 1. The molecule has 4 N–H and O–H groups in total. The molecule has 0 aromatic heterocycles. The Bertz CT molecular complexity index is 474. The van der Waals surface area contributed by atoms with Crippen molar-refractivity contribution >= 4 is 23.3 Å². The number of phenols is 1. The van der Waals surface area contributed by atoms with Gasteiger partial charge in [-0.15, -0.1) is 0 Å². The maximum absolute atomic E-state index is 12.0. The van der Waals surface area contributed by atoms with Crippen LogP contribution < -0.4 is 10.6 Å². The first-order valence-corrected chi connectivity index (χ1v) is 6.06. The number of rotatable bonds is 6. The zero-order chi connectivity index (χ0) is 14.4. The fourth-order valence-corrected chi connectivity index (χ4v) is 1.67. The van der Waals surface area contributed by atoms with Crippen LogP contribution in [0.5, 0.6) is 5.75 Å². The van der Waals surface area contributed by atoms with Crippen LogP contribution in [0.1, 0.15) is 26.2 Å². The smallest absolute Gasteiger partial charge is 0.323 e. The highest BCUT2D eigenvalue weighted by molar-refractivity contribution is 5.98. The SMILES string of the molecule is CCCCC(=O)N(CC(=O)O)c1ccc(N)cc1O. The van der Waals surface area contributed by atoms with E-state index in [-0.39, 0.29) is 23.8 Å². The standard InChI is InChI=1S/C13H18N2O4/c1-2-3-4-12(17)15(8-13(18)19)10-6-5-9(14)7-11(10)16/h5-7,16H,2-4,8,14H2,1H3,(H,18,19). The molecule has 19 heavy (non-hydrogen) atoms. The van der Waals surface area contributed by atoms with Crippen LogP contribution in [0.2, 0.25) is 0 Å². The number of aliphatic carboxylic acids is 1. The summed E-state index contributed by atoms with van der Waals surface area (Å²) in [4.78, 5) is 23.9. The second kappa shape index (κ2) is 6.63. The van der Waals surface area contributed by atoms with Gasteiger partial charge in [-0.05, 0) is 18.6 Å². The number of anilines is 2. The summed E-state index contributed by atoms with van der Waals surface area (Å²) in [6.45, 7) is 1.45. The van der Waals surface area contributed by atoms with E-state index in [0.29, 0.717) is 12.1 Å². The largest absolute Gasteiger partial charge is 0.506 e. The molecule has 1 aromatic rings. The van der Waals surface area contributed by atoms with E-state index >= 15 is 0 Å². The van der Waals surface area contributed by atoms with Crippen molar-refractivity contribution in [3.63, 3.8) is 0 Å². The topological polar surface area (TPSA) is 104 Å². The highest BCUT2D eigenvalue weighted by Gasteiger charge is 2.21. The predicted molar refractivity (Wildman–Crippen MR) is 72.0 cm³/mol. The molecule has 6 heteroatoms. The molecule has 0 saturated heterocycles. The van der Waals surface area contributed by atoms with Crippen molar-refractivity contribution in [1.82, 2.24) is 0 Å². The van der Waals surface area contributed by atoms with Crippen molar-refractivity contribution in [3.8, 4) is 5.75 Å². The Morgan fingerprint density at radius 3 is 2.58 bits per heavy atom. The molecule has 0 heterocycles. The van der Waals surface area contributed by atoms with Crippen molar-refractivity contribution in [3.05, 3.63) is 18.2 Å². The lowest BCUT2D eigenvalue weighted by atomic mass is 10.2. The fraction of sp³-hybridized carbons (Fsp3) is 0.385. The molecule has 0 bridgehead atoms. The lowest BCUT2D eigenvalue weighted by Gasteiger charge is -2.22. The van der Waals surface area contributed by atoms with Gasteiger partial charge in [0.2, 0.25) is 5.91 Å². The molecule has 0 fully saturated rings. The number of aromatic hydroxyl groups is 1. The molecule has 1 rings (SSSR count). The minimum absolute atomic E-state index is 0.165. The van der Waals surface area contributed by atoms with Gasteiger partial charge in [-0.1, -0.05) is 13.3 Å². The van der Waals surface area contributed by atoms with Gasteiger partial charge in [-0.3, -0.25) is 14.5 Å². The Morgan fingerprint density at radius 1 is 1.37 bits per heavy atom. The zero-order valence-corrected chi connectivity index (χ0v) is 10.8. The molecule has 0 spiro atoms. The molecule has 0 atom stereocenters. The maximum Gasteiger partial charge on any atom is 0.323 e. The predicted octanol–water partition coefficient (Wildman–Crippen LogP) is 1.58. The number of carboxylic acid groups (broad SMARTS) is 1. The Balaban J connectivity index is 3.01. The van der Waals surface area contributed by atoms with Crippen LogP contribution in [-0.4, -0.2) is 28.6 Å². The van der Waals surface area contributed by atoms with Gasteiger partial charge in [0.15, 0.2) is 0 Å². The average Bonchev–Trinajstić information content (AvgIpc) is 2.33. The first-order chi connectivity index (χ1) is 8.95. The van der Waals surface area contributed by atoms with E-state index in [0.717, 1.165) is 11.3 Å². The molecule has 0 aliphatic carbocycles. The van der Waals surface area contributed by atoms with Crippen molar-refractivity contribution in [1.29, 1.82) is 0 Å². The number of nitrogens with two attached hydrogens (primary N) is 1. The maximum atomic E-state index is 12.0. The summed E-state index contributed by atoms with van der Waals surface area (Å²) in [5.74, 6) is -1.67. The van der Waals surface area contributed by atoms with Crippen molar-refractivity contribution in [2.45, 2.75) is 26.2 Å². The highest BCUT2D eigenvalue weighted by Crippen LogP contribution is 2.29. The summed E-state index contributed by atoms with van der Waals surface area (Å²) >= 11 is 0. The Morgan fingerprint density at radius 2 is 2.05 bits per heavy atom. The number of carbonyl (C=O) groups is 2. The van der Waals surface area contributed by atoms with E-state index in [1.165, 1.54) is 18.2 Å². The summed E-state index contributed by atoms with van der Waals surface area (Å²) < 4.78 is 0. The number of benzene rings is 1. The van der Waals surface area contributed by atoms with Gasteiger partial charge < -0.3 is 15.9 Å². The number of nitrogens with zero attached hydrogens (tertiary/aromatic N) is 1. The minimum Gasteiger partial charge on any atom is -0.506 e. The average molecular weight is 266 g/mol. The van der Waals surface area contributed by atoms with Crippen molar-refractivity contribution < 1.29 is 19.8 Å². The number of nitrogen functional groups attached to an aromatic ring is 1. The van der Waals surface area contributed by atoms with E-state index in [1.807, 2.05) is 6.92 Å². The zero-order valence-electron chi connectivity index (χ0n) is 10.8. The quantitative estimate of drug-likeness (QED) is 0.678. The lowest BCUT2D eigenvalue weighted by Crippen LogP contribution is -2.35. The van der Waals surface area contributed by atoms with Gasteiger partial charge in [-0.25, -0.2) is 0 Å². The number of hydrogen-bond donors (Lipinski definition) is 3. The second-order valence-electron chi connectivity index (χ2n) is 4.23. The summed E-state index contributed by atoms with van der Waals surface area (Å²) in [5, 5.41) is 18.6. The molecule has 0 unspecified atom stereocenters. The van der Waals surface area contributed by atoms with Gasteiger partial charge in [0.1, 0.15) is 12.3 Å². The van der Waals surface area contributed by atoms with Gasteiger partial charge >= 0.3 is 5.97 Å². The van der Waals surface area contributed by atoms with Crippen LogP contribution in [0.15, 0.2) is 18.2 Å². The monoisotopic (exact) mass is 266 g/mol. The van der Waals surface area contributed by atoms with Crippen LogP contribution >= 0.6 is 0 Å². The molecule has 6 nitrogen and oxygen atoms in total. The number of phenolic OH excluding ortho intramolecular Hbond substituents is 1. The van der Waals surface area contributed by atoms with E-state index in [2.05, 4.69) is 0 Å². The summed E-state index contributed by atoms with van der Waals surface area (Å²) in [5.41, 5.74) is 6.01. The van der Waals surface area contributed by atoms with Crippen LogP contribution in [0.4, 0.5) is 11.4 Å². The van der Waals surface area contributed by atoms with E-state index in [1.54, 1.807) is 0 Å². The molecule has 104 valence electrons. The normalized spacial score (nSPS) is 10.2. The lowest BCUT2D eigenvalue weighted by molar-refractivity contribution is -0.136. The third-order valence-corrected chi connectivity index (χ3v) is 2.63. The highest BCUT2D eigenvalue weighted by atomic mass is 16.4. The van der Waals surface area contributed by atoms with E-state index in [4.69, 9.17) is 10.8 Å². The van der Waals surface area contributed by atoms with E-state index in [9.17, 15) is 14.7 Å². The molecule has 0 aliphatic rings. The van der Waals surface area contributed by atoms with E-state index < -0.39 is 12.5 Å². The van der Waals surface area contributed by atoms with Crippen molar-refractivity contribution in [2.24, 2.45) is 0 Å². The number of hydrogen-bond acceptors (Lipinski definition) is 4. The summed E-state index contributed by atoms with van der Waals surface area (Å²) in [7, 11) is 0. The molecule has 0 saturated carbocycles. The second-order valence-corrected chi connectivity index (χ2v) is 4.23. The molecule has 1 amide bonds. The number of carbonyl (C=O) groups excluding carboxylic acids is 1. The third kappa shape index (κ3) is 4.17. The molecule has 1 aromatic carbocycles. The van der Waals surface area contributed by atoms with Gasteiger partial charge in [0, 0.05) is 18.2 Å². The van der Waals surface area contributed by atoms with Gasteiger partial charge in [0.25, 0.3) is 0 Å². The number of carboxylic acids is 1. The minimum atomic E-state index is -1.14. The Hall–Kier alpha value is -2.24. The van der Waals surface area contributed by atoms with Gasteiger partial charge in [0.05, 0.1) is 5.69 Å². The first kappa shape index (κ1) is 14.8. The molecule has 0 radical (unpaired) electrons. The van der Waals surface area contributed by atoms with Crippen LogP contribution in [-0.2, 0) is 9.59 Å². The van der Waals surface area contributed by atoms with Crippen LogP contribution in [0.3, 0.4) is 0 Å². The third-order valence-electron chi connectivity index (χ3n) is 2.63. The summed E-state index contributed by atoms with van der Waals surface area (Å²) in [6, 6.07) is 4.24. The number of amides is 1. The fourth-order valence-electron chi connectivity index (χ4n) is 1.67. The summed E-state index contributed by atoms with van der Waals surface area (Å²) in [6.07, 6.45) is 1.75. The Labute approximate surface area is 111 Å². The molecular formula is C13H18N2O4. The van der Waals surface area contributed by atoms with Crippen LogP contribution in [0, 0.1) is 0 Å². The first-order valence-electron chi connectivity index (χ1n) is 6.06. The van der Waals surface area contributed by atoms with Crippen LogP contribution in [0.25, 0.3) is 0 Å². The van der Waals surface area contributed by atoms with Gasteiger partial charge in [-0.2, -0.15) is 0 Å².